The lowest BCUT2D eigenvalue weighted by atomic mass is 10.1. The zero-order valence-corrected chi connectivity index (χ0v) is 24.3. The smallest absolute Gasteiger partial charge is 0.243 e. The summed E-state index contributed by atoms with van der Waals surface area (Å²) >= 11 is 0. The van der Waals surface area contributed by atoms with Gasteiger partial charge < -0.3 is 47.1 Å². The van der Waals surface area contributed by atoms with E-state index in [1.807, 2.05) is 0 Å². The zero-order chi connectivity index (χ0) is 31.0. The van der Waals surface area contributed by atoms with Gasteiger partial charge in [-0.1, -0.05) is 5.11 Å². The van der Waals surface area contributed by atoms with Gasteiger partial charge in [0.1, 0.15) is 12.1 Å². The molecule has 0 saturated carbocycles. The summed E-state index contributed by atoms with van der Waals surface area (Å²) in [5.74, 6) is -2.91. The van der Waals surface area contributed by atoms with Crippen LogP contribution in [0.4, 0.5) is 0 Å². The van der Waals surface area contributed by atoms with Gasteiger partial charge in [-0.05, 0) is 5.53 Å². The van der Waals surface area contributed by atoms with Crippen LogP contribution < -0.4 is 37.6 Å². The Morgan fingerprint density at radius 2 is 1.57 bits per heavy atom. The number of azide groups is 1. The standard InChI is InChI=1S/C24H45N11O7/c1-18(36)32-20(17-21(37)28-5-4-27-3-2-25)24(40)33-19(23(39)30-7-12-41-13-8-31-34-26)16-22(38)29-6-9-35-10-14-42-15-11-35/h19-20,27H,2-17,25H2,1H3,(H,28,37)(H,29,38)(H,30,39)(H,32,36)(H,33,40)/p+1/t19-,20-/m0/s1. The van der Waals surface area contributed by atoms with Crippen molar-refractivity contribution in [1.82, 2.24) is 36.8 Å². The molecule has 0 bridgehead atoms. The van der Waals surface area contributed by atoms with E-state index in [9.17, 15) is 24.0 Å². The van der Waals surface area contributed by atoms with Crippen molar-refractivity contribution in [2.24, 2.45) is 5.11 Å². The van der Waals surface area contributed by atoms with Gasteiger partial charge in [-0.3, -0.25) is 28.9 Å². The maximum atomic E-state index is 13.1. The van der Waals surface area contributed by atoms with E-state index in [4.69, 9.17) is 15.0 Å². The number of nitrogens with zero attached hydrogens (tertiary/aromatic N) is 4. The van der Waals surface area contributed by atoms with Crippen molar-refractivity contribution in [2.45, 2.75) is 31.8 Å². The molecule has 0 aliphatic carbocycles. The molecule has 0 radical (unpaired) electrons. The normalized spacial score (nSPS) is 14.5. The highest BCUT2D eigenvalue weighted by Crippen LogP contribution is 2.00. The minimum absolute atomic E-state index is 0.0692. The quantitative estimate of drug-likeness (QED) is 0.0273. The number of amides is 5. The van der Waals surface area contributed by atoms with Crippen LogP contribution in [0.2, 0.25) is 0 Å². The summed E-state index contributed by atoms with van der Waals surface area (Å²) in [6.45, 7) is 7.61. The van der Waals surface area contributed by atoms with E-state index >= 15 is 0 Å². The third-order valence-electron chi connectivity index (χ3n) is 5.88. The molecule has 5 amide bonds. The highest BCUT2D eigenvalue weighted by Gasteiger charge is 2.29. The molecule has 238 valence electrons. The summed E-state index contributed by atoms with van der Waals surface area (Å²) in [6, 6.07) is -2.55. The van der Waals surface area contributed by atoms with E-state index in [2.05, 4.69) is 52.6 Å². The van der Waals surface area contributed by atoms with Crippen molar-refractivity contribution >= 4 is 29.5 Å². The maximum Gasteiger partial charge on any atom is 0.243 e. The number of rotatable bonds is 22. The molecule has 42 heavy (non-hydrogen) atoms. The van der Waals surface area contributed by atoms with Gasteiger partial charge in [-0.25, -0.2) is 0 Å². The summed E-state index contributed by atoms with van der Waals surface area (Å²) in [5, 5.41) is 19.4. The molecule has 18 nitrogen and oxygen atoms in total. The Labute approximate surface area is 245 Å². The Kier molecular flexibility index (Phi) is 20.0. The monoisotopic (exact) mass is 600 g/mol. The summed E-state index contributed by atoms with van der Waals surface area (Å²) in [6.07, 6.45) is -0.727. The van der Waals surface area contributed by atoms with Crippen molar-refractivity contribution < 1.29 is 39.2 Å². The molecule has 0 aromatic rings. The van der Waals surface area contributed by atoms with Gasteiger partial charge in [0.25, 0.3) is 0 Å². The lowest BCUT2D eigenvalue weighted by molar-refractivity contribution is -0.365. The Morgan fingerprint density at radius 3 is 2.21 bits per heavy atom. The van der Waals surface area contributed by atoms with Crippen molar-refractivity contribution in [3.8, 4) is 0 Å². The van der Waals surface area contributed by atoms with Gasteiger partial charge in [0, 0.05) is 70.7 Å². The Morgan fingerprint density at radius 1 is 0.905 bits per heavy atom. The third-order valence-corrected chi connectivity index (χ3v) is 5.88. The van der Waals surface area contributed by atoms with Crippen LogP contribution in [-0.2, 0) is 33.4 Å². The average molecular weight is 601 g/mol. The molecule has 1 fully saturated rings. The Balaban J connectivity index is 2.75. The van der Waals surface area contributed by atoms with E-state index < -0.39 is 41.6 Å². The fourth-order valence-corrected chi connectivity index (χ4v) is 3.79. The second kappa shape index (κ2) is 23.1. The first kappa shape index (κ1) is 36.5. The van der Waals surface area contributed by atoms with Gasteiger partial charge in [0.05, 0.1) is 45.8 Å². The first-order chi connectivity index (χ1) is 20.3. The number of quaternary nitrogens is 1. The largest absolute Gasteiger partial charge is 0.379 e. The van der Waals surface area contributed by atoms with Crippen LogP contribution in [0.1, 0.15) is 19.8 Å². The molecule has 1 aliphatic rings. The average Bonchev–Trinajstić information content (AvgIpc) is 2.96. The minimum Gasteiger partial charge on any atom is -0.379 e. The van der Waals surface area contributed by atoms with Crippen LogP contribution in [0.15, 0.2) is 5.11 Å². The third kappa shape index (κ3) is 18.0. The SMILES string of the molecule is CC(=O)N[C@@H](CC(=O)NCCNCC[NH3+])C(=O)N[C@@H](CC(=O)NCCN1CCOCC1)C(=O)NCCOCCN=[N+]=[N-]. The predicted octanol–water partition coefficient (Wildman–Crippen LogP) is -4.40. The molecule has 1 rings (SSSR count). The summed E-state index contributed by atoms with van der Waals surface area (Å²) in [4.78, 5) is 67.6. The molecule has 1 saturated heterocycles. The molecule has 0 aromatic heterocycles. The number of ether oxygens (including phenoxy) is 2. The van der Waals surface area contributed by atoms with Crippen LogP contribution in [0, 0.1) is 0 Å². The van der Waals surface area contributed by atoms with Crippen LogP contribution in [0.25, 0.3) is 10.4 Å². The number of carbonyl (C=O) groups is 5. The van der Waals surface area contributed by atoms with Crippen LogP contribution in [-0.4, -0.2) is 138 Å². The molecular formula is C24H46N11O7+. The second-order valence-corrected chi connectivity index (χ2v) is 9.34. The molecule has 1 heterocycles. The van der Waals surface area contributed by atoms with E-state index in [0.29, 0.717) is 52.5 Å². The lowest BCUT2D eigenvalue weighted by Gasteiger charge is -2.26. The number of carbonyl (C=O) groups excluding carboxylic acids is 5. The van der Waals surface area contributed by atoms with Gasteiger partial charge in [-0.15, -0.1) is 0 Å². The van der Waals surface area contributed by atoms with Crippen molar-refractivity contribution in [3.63, 3.8) is 0 Å². The number of hydrogen-bond donors (Lipinski definition) is 7. The summed E-state index contributed by atoms with van der Waals surface area (Å²) in [5.41, 5.74) is 12.0. The lowest BCUT2D eigenvalue weighted by Crippen LogP contribution is -2.56. The fraction of sp³-hybridized carbons (Fsp3) is 0.792. The van der Waals surface area contributed by atoms with Gasteiger partial charge >= 0.3 is 0 Å². The molecule has 2 atom stereocenters. The molecule has 9 N–H and O–H groups in total. The van der Waals surface area contributed by atoms with E-state index in [1.54, 1.807) is 0 Å². The van der Waals surface area contributed by atoms with E-state index in [0.717, 1.165) is 13.1 Å². The molecule has 0 unspecified atom stereocenters. The molecular weight excluding hydrogens is 554 g/mol. The molecule has 0 aromatic carbocycles. The van der Waals surface area contributed by atoms with Crippen molar-refractivity contribution in [1.29, 1.82) is 0 Å². The topological polar surface area (TPSA) is 256 Å². The van der Waals surface area contributed by atoms with E-state index in [-0.39, 0.29) is 39.1 Å². The van der Waals surface area contributed by atoms with Crippen LogP contribution in [0.3, 0.4) is 0 Å². The van der Waals surface area contributed by atoms with Crippen molar-refractivity contribution in [2.75, 3.05) is 91.9 Å². The molecule has 1 aliphatic heterocycles. The van der Waals surface area contributed by atoms with Crippen LogP contribution in [0.5, 0.6) is 0 Å². The van der Waals surface area contributed by atoms with Crippen LogP contribution >= 0.6 is 0 Å². The van der Waals surface area contributed by atoms with E-state index in [1.165, 1.54) is 6.92 Å². The Hall–Kier alpha value is -3.54. The fourth-order valence-electron chi connectivity index (χ4n) is 3.79. The van der Waals surface area contributed by atoms with Crippen molar-refractivity contribution in [3.05, 3.63) is 10.4 Å². The number of morpholine rings is 1. The number of hydrogen-bond acceptors (Lipinski definition) is 10. The summed E-state index contributed by atoms with van der Waals surface area (Å²) in [7, 11) is 0. The first-order valence-electron chi connectivity index (χ1n) is 14.0. The zero-order valence-electron chi connectivity index (χ0n) is 24.3. The summed E-state index contributed by atoms with van der Waals surface area (Å²) < 4.78 is 10.6. The molecule has 0 spiro atoms. The second-order valence-electron chi connectivity index (χ2n) is 9.34. The Bertz CT molecular complexity index is 896. The van der Waals surface area contributed by atoms with Gasteiger partial charge in [0.15, 0.2) is 0 Å². The maximum absolute atomic E-state index is 13.1. The highest BCUT2D eigenvalue weighted by molar-refractivity contribution is 5.96. The number of nitrogens with one attached hydrogen (secondary N) is 6. The van der Waals surface area contributed by atoms with Gasteiger partial charge in [-0.2, -0.15) is 0 Å². The van der Waals surface area contributed by atoms with Gasteiger partial charge in [0.2, 0.25) is 29.5 Å². The molecule has 18 heteroatoms. The first-order valence-corrected chi connectivity index (χ1v) is 14.0. The predicted molar refractivity (Wildman–Crippen MR) is 151 cm³/mol. The minimum atomic E-state index is -1.28. The highest BCUT2D eigenvalue weighted by atomic mass is 16.5.